The Morgan fingerprint density at radius 1 is 1.26 bits per heavy atom. The number of hydrogen-bond acceptors (Lipinski definition) is 6. The smallest absolute Gasteiger partial charge is 0.381 e. The maximum Gasteiger partial charge on any atom is 0.381 e. The van der Waals surface area contributed by atoms with Gasteiger partial charge in [0.2, 0.25) is 6.33 Å². The van der Waals surface area contributed by atoms with Crippen LogP contribution in [0.25, 0.3) is 0 Å². The van der Waals surface area contributed by atoms with Crippen molar-refractivity contribution < 1.29 is 9.85 Å². The zero-order chi connectivity index (χ0) is 14.0. The number of imidazole rings is 1. The summed E-state index contributed by atoms with van der Waals surface area (Å²) in [6.07, 6.45) is 2.59. The molecule has 0 radical (unpaired) electrons. The summed E-state index contributed by atoms with van der Waals surface area (Å²) in [5.74, 6) is -0.255. The third kappa shape index (κ3) is 2.65. The number of nitrogens with two attached hydrogens (primary N) is 1. The Bertz CT molecular complexity index is 651. The molecule has 0 spiro atoms. The van der Waals surface area contributed by atoms with Gasteiger partial charge in [0, 0.05) is 6.07 Å². The summed E-state index contributed by atoms with van der Waals surface area (Å²) in [6, 6.07) is 4.31. The van der Waals surface area contributed by atoms with Crippen LogP contribution >= 0.6 is 0 Å². The van der Waals surface area contributed by atoms with Crippen LogP contribution in [0.15, 0.2) is 30.7 Å². The van der Waals surface area contributed by atoms with Crippen molar-refractivity contribution in [1.29, 1.82) is 0 Å². The molecule has 1 aromatic heterocycles. The van der Waals surface area contributed by atoms with Crippen molar-refractivity contribution in [2.45, 2.75) is 6.54 Å². The molecular weight excluding hydrogens is 254 g/mol. The van der Waals surface area contributed by atoms with Crippen molar-refractivity contribution in [3.8, 4) is 0 Å². The van der Waals surface area contributed by atoms with Gasteiger partial charge >= 0.3 is 5.82 Å². The van der Waals surface area contributed by atoms with Gasteiger partial charge in [-0.15, -0.1) is 0 Å². The van der Waals surface area contributed by atoms with E-state index >= 15 is 0 Å². The molecule has 98 valence electrons. The van der Waals surface area contributed by atoms with Gasteiger partial charge in [-0.25, -0.2) is 0 Å². The number of aromatic nitrogens is 2. The molecule has 2 rings (SSSR count). The van der Waals surface area contributed by atoms with Crippen molar-refractivity contribution >= 4 is 17.2 Å². The lowest BCUT2D eigenvalue weighted by molar-refractivity contribution is -0.389. The van der Waals surface area contributed by atoms with Crippen molar-refractivity contribution in [2.75, 3.05) is 5.73 Å². The fourth-order valence-corrected chi connectivity index (χ4v) is 1.61. The van der Waals surface area contributed by atoms with E-state index in [1.807, 2.05) is 0 Å². The SMILES string of the molecule is Nc1cc(Cn2cnc([N+](=O)[O-])c2)ccc1[N+](=O)[O-]. The third-order valence-electron chi connectivity index (χ3n) is 2.46. The molecule has 0 aliphatic carbocycles. The molecule has 1 heterocycles. The summed E-state index contributed by atoms with van der Waals surface area (Å²) >= 11 is 0. The van der Waals surface area contributed by atoms with Gasteiger partial charge in [-0.05, 0) is 21.5 Å². The highest BCUT2D eigenvalue weighted by molar-refractivity contribution is 5.59. The second-order valence-corrected chi connectivity index (χ2v) is 3.81. The van der Waals surface area contributed by atoms with Crippen LogP contribution in [0.1, 0.15) is 5.56 Å². The summed E-state index contributed by atoms with van der Waals surface area (Å²) in [7, 11) is 0. The van der Waals surface area contributed by atoms with E-state index in [9.17, 15) is 20.2 Å². The first-order valence-electron chi connectivity index (χ1n) is 5.16. The summed E-state index contributed by atoms with van der Waals surface area (Å²) in [4.78, 5) is 23.5. The first kappa shape index (κ1) is 12.5. The average molecular weight is 263 g/mol. The van der Waals surface area contributed by atoms with Crippen LogP contribution in [-0.4, -0.2) is 19.4 Å². The second-order valence-electron chi connectivity index (χ2n) is 3.81. The molecule has 0 saturated heterocycles. The van der Waals surface area contributed by atoms with Gasteiger partial charge in [-0.3, -0.25) is 10.1 Å². The fourth-order valence-electron chi connectivity index (χ4n) is 1.61. The molecular formula is C10H9N5O4. The minimum absolute atomic E-state index is 0.0529. The van der Waals surface area contributed by atoms with Gasteiger partial charge in [0.25, 0.3) is 5.69 Å². The highest BCUT2D eigenvalue weighted by atomic mass is 16.6. The lowest BCUT2D eigenvalue weighted by atomic mass is 10.2. The van der Waals surface area contributed by atoms with E-state index in [2.05, 4.69) is 4.98 Å². The molecule has 9 nitrogen and oxygen atoms in total. The molecule has 9 heteroatoms. The topological polar surface area (TPSA) is 130 Å². The Morgan fingerprint density at radius 3 is 2.53 bits per heavy atom. The van der Waals surface area contributed by atoms with Gasteiger partial charge in [-0.1, -0.05) is 6.07 Å². The van der Waals surface area contributed by atoms with Crippen LogP contribution in [0.3, 0.4) is 0 Å². The quantitative estimate of drug-likeness (QED) is 0.503. The van der Waals surface area contributed by atoms with Crippen LogP contribution in [0.4, 0.5) is 17.2 Å². The molecule has 0 aliphatic rings. The highest BCUT2D eigenvalue weighted by Crippen LogP contribution is 2.22. The number of nitrogens with zero attached hydrogens (tertiary/aromatic N) is 4. The molecule has 2 N–H and O–H groups in total. The Labute approximate surface area is 106 Å². The molecule has 0 aliphatic heterocycles. The number of nitrogen functional groups attached to an aromatic ring is 1. The molecule has 0 amide bonds. The number of nitro groups is 2. The largest absolute Gasteiger partial charge is 0.393 e. The molecule has 1 aromatic carbocycles. The molecule has 0 saturated carbocycles. The second kappa shape index (κ2) is 4.72. The van der Waals surface area contributed by atoms with Crippen LogP contribution < -0.4 is 5.73 Å². The minimum atomic E-state index is -0.597. The van der Waals surface area contributed by atoms with Gasteiger partial charge in [0.1, 0.15) is 11.9 Å². The maximum atomic E-state index is 10.6. The lowest BCUT2D eigenvalue weighted by Gasteiger charge is -2.03. The Balaban J connectivity index is 2.21. The molecule has 0 atom stereocenters. The summed E-state index contributed by atoms with van der Waals surface area (Å²) in [5.41, 5.74) is 6.13. The van der Waals surface area contributed by atoms with E-state index < -0.39 is 9.85 Å². The van der Waals surface area contributed by atoms with Gasteiger partial charge in [0.05, 0.1) is 11.5 Å². The summed E-state index contributed by atoms with van der Waals surface area (Å²) in [5, 5.41) is 21.1. The fraction of sp³-hybridized carbons (Fsp3) is 0.100. The van der Waals surface area contributed by atoms with E-state index in [0.717, 1.165) is 0 Å². The zero-order valence-corrected chi connectivity index (χ0v) is 9.59. The van der Waals surface area contributed by atoms with Gasteiger partial charge in [0.15, 0.2) is 0 Å². The maximum absolute atomic E-state index is 10.6. The van der Waals surface area contributed by atoms with Crippen molar-refractivity contribution in [3.63, 3.8) is 0 Å². The Kier molecular flexibility index (Phi) is 3.10. The first-order valence-corrected chi connectivity index (χ1v) is 5.16. The normalized spacial score (nSPS) is 10.3. The van der Waals surface area contributed by atoms with Crippen molar-refractivity contribution in [1.82, 2.24) is 9.55 Å². The monoisotopic (exact) mass is 263 g/mol. The molecule has 0 bridgehead atoms. The van der Waals surface area contributed by atoms with E-state index in [0.29, 0.717) is 12.1 Å². The standard InChI is InChI=1S/C10H9N5O4/c11-8-3-7(1-2-9(8)14(16)17)4-13-5-10(12-6-13)15(18)19/h1-3,5-6H,4,11H2. The average Bonchev–Trinajstić information content (AvgIpc) is 2.77. The predicted octanol–water partition coefficient (Wildman–Crippen LogP) is 1.33. The number of benzene rings is 1. The molecule has 0 unspecified atom stereocenters. The van der Waals surface area contributed by atoms with Crippen LogP contribution in [0.5, 0.6) is 0 Å². The Morgan fingerprint density at radius 2 is 2.00 bits per heavy atom. The van der Waals surface area contributed by atoms with E-state index in [4.69, 9.17) is 5.73 Å². The zero-order valence-electron chi connectivity index (χ0n) is 9.59. The van der Waals surface area contributed by atoms with Crippen LogP contribution in [-0.2, 0) is 6.54 Å². The van der Waals surface area contributed by atoms with Gasteiger partial charge < -0.3 is 20.4 Å². The molecule has 0 fully saturated rings. The number of hydrogen-bond donors (Lipinski definition) is 1. The highest BCUT2D eigenvalue weighted by Gasteiger charge is 2.13. The predicted molar refractivity (Wildman–Crippen MR) is 65.5 cm³/mol. The molecule has 2 aromatic rings. The summed E-state index contributed by atoms with van der Waals surface area (Å²) < 4.78 is 1.50. The van der Waals surface area contributed by atoms with Crippen LogP contribution in [0, 0.1) is 20.2 Å². The number of anilines is 1. The first-order chi connectivity index (χ1) is 8.97. The van der Waals surface area contributed by atoms with Crippen molar-refractivity contribution in [2.24, 2.45) is 0 Å². The molecule has 19 heavy (non-hydrogen) atoms. The van der Waals surface area contributed by atoms with E-state index in [1.165, 1.54) is 29.2 Å². The number of nitro benzene ring substituents is 1. The van der Waals surface area contributed by atoms with E-state index in [-0.39, 0.29) is 17.2 Å². The van der Waals surface area contributed by atoms with Crippen LogP contribution in [0.2, 0.25) is 0 Å². The Hall–Kier alpha value is -2.97. The minimum Gasteiger partial charge on any atom is -0.393 e. The third-order valence-corrected chi connectivity index (χ3v) is 2.46. The lowest BCUT2D eigenvalue weighted by Crippen LogP contribution is -2.00. The van der Waals surface area contributed by atoms with Gasteiger partial charge in [-0.2, -0.15) is 0 Å². The van der Waals surface area contributed by atoms with Crippen molar-refractivity contribution in [3.05, 3.63) is 56.5 Å². The summed E-state index contributed by atoms with van der Waals surface area (Å²) in [6.45, 7) is 0.295. The number of rotatable bonds is 4. The van der Waals surface area contributed by atoms with E-state index in [1.54, 1.807) is 6.07 Å².